The van der Waals surface area contributed by atoms with E-state index in [0.29, 0.717) is 11.1 Å². The van der Waals surface area contributed by atoms with Crippen molar-refractivity contribution in [2.45, 2.75) is 0 Å². The third-order valence-electron chi connectivity index (χ3n) is 4.28. The van der Waals surface area contributed by atoms with Gasteiger partial charge in [-0.15, -0.1) is 0 Å². The Morgan fingerprint density at radius 3 is 1.77 bits per heavy atom. The van der Waals surface area contributed by atoms with Gasteiger partial charge in [0, 0.05) is 32.0 Å². The van der Waals surface area contributed by atoms with E-state index < -0.39 is 0 Å². The van der Waals surface area contributed by atoms with Gasteiger partial charge in [0.2, 0.25) is 0 Å². The maximum absolute atomic E-state index is 11.8. The fourth-order valence-corrected chi connectivity index (χ4v) is 3.26. The fraction of sp³-hybridized carbons (Fsp3) is 0. The van der Waals surface area contributed by atoms with Crippen LogP contribution in [0.15, 0.2) is 89.9 Å². The molecule has 0 spiro atoms. The normalized spacial score (nSPS) is 14.5. The Morgan fingerprint density at radius 1 is 0.769 bits per heavy atom. The predicted octanol–water partition coefficient (Wildman–Crippen LogP) is 4.34. The Bertz CT molecular complexity index is 1060. The number of hydrogen-bond donors (Lipinski definition) is 1. The molecule has 26 heavy (non-hydrogen) atoms. The molecule has 0 bridgehead atoms. The number of nitrogens with zero attached hydrogens (tertiary/aromatic N) is 1. The van der Waals surface area contributed by atoms with Crippen molar-refractivity contribution in [1.29, 1.82) is 0 Å². The number of thiocarbonyl (C=S) groups is 1. The van der Waals surface area contributed by atoms with E-state index in [1.165, 1.54) is 0 Å². The van der Waals surface area contributed by atoms with Gasteiger partial charge in [-0.3, -0.25) is 5.21 Å². The van der Waals surface area contributed by atoms with E-state index in [9.17, 15) is 10.4 Å². The number of hydrogen-bond acceptors (Lipinski definition) is 3. The molecule has 0 fully saturated rings. The first-order chi connectivity index (χ1) is 12.6. The molecular weight excluding hydrogens is 342 g/mol. The summed E-state index contributed by atoms with van der Waals surface area (Å²) in [5.41, 5.74) is 11.3. The zero-order valence-electron chi connectivity index (χ0n) is 13.6. The lowest BCUT2D eigenvalue weighted by atomic mass is 9.81. The lowest BCUT2D eigenvalue weighted by Crippen LogP contribution is -2.22. The van der Waals surface area contributed by atoms with Gasteiger partial charge in [0.05, 0.1) is 11.1 Å². The molecule has 0 aliphatic heterocycles. The first-order valence-electron chi connectivity index (χ1n) is 8.04. The van der Waals surface area contributed by atoms with Crippen LogP contribution in [0.3, 0.4) is 0 Å². The van der Waals surface area contributed by atoms with Gasteiger partial charge >= 0.3 is 0 Å². The van der Waals surface area contributed by atoms with Crippen LogP contribution in [-0.2, 0) is 0 Å². The minimum absolute atomic E-state index is 0.0653. The van der Waals surface area contributed by atoms with Crippen LogP contribution in [0.2, 0.25) is 0 Å². The zero-order valence-corrected chi connectivity index (χ0v) is 14.5. The molecule has 0 unspecified atom stereocenters. The summed E-state index contributed by atoms with van der Waals surface area (Å²) in [5, 5.41) is 21.5. The maximum Gasteiger partial charge on any atom is 0.283 e. The van der Waals surface area contributed by atoms with Gasteiger partial charge in [0.25, 0.3) is 5.71 Å². The molecule has 0 heterocycles. The van der Waals surface area contributed by atoms with Crippen molar-refractivity contribution in [3.05, 3.63) is 117 Å². The van der Waals surface area contributed by atoms with Crippen molar-refractivity contribution >= 4 is 28.4 Å². The third-order valence-corrected chi connectivity index (χ3v) is 4.55. The summed E-state index contributed by atoms with van der Waals surface area (Å²) in [5.74, 6) is 0. The molecule has 0 aromatic heterocycles. The van der Waals surface area contributed by atoms with Crippen molar-refractivity contribution in [2.75, 3.05) is 0 Å². The van der Waals surface area contributed by atoms with Crippen LogP contribution in [0.1, 0.15) is 22.3 Å². The summed E-state index contributed by atoms with van der Waals surface area (Å²) in [6.45, 7) is 0. The largest absolute Gasteiger partial charge is 0.417 e. The molecule has 0 saturated heterocycles. The molecule has 0 radical (unpaired) electrons. The second kappa shape index (κ2) is 6.47. The van der Waals surface area contributed by atoms with Crippen LogP contribution in [0.5, 0.6) is 0 Å². The zero-order chi connectivity index (χ0) is 18.1. The Balaban J connectivity index is 2.06. The number of benzene rings is 2. The second-order valence-electron chi connectivity index (χ2n) is 5.86. The molecule has 0 saturated carbocycles. The molecule has 0 atom stereocenters. The minimum Gasteiger partial charge on any atom is -0.417 e. The van der Waals surface area contributed by atoms with Crippen LogP contribution in [0.25, 0.3) is 5.57 Å². The van der Waals surface area contributed by atoms with Crippen molar-refractivity contribution in [3.8, 4) is 0 Å². The highest BCUT2D eigenvalue weighted by Gasteiger charge is 2.31. The molecule has 2 aliphatic rings. The topological polar surface area (TPSA) is 46.3 Å². The van der Waals surface area contributed by atoms with E-state index in [2.05, 4.69) is 11.5 Å². The lowest BCUT2D eigenvalue weighted by Gasteiger charge is -2.19. The van der Waals surface area contributed by atoms with Gasteiger partial charge in [-0.1, -0.05) is 60.1 Å². The third kappa shape index (κ3) is 2.75. The molecule has 4 rings (SSSR count). The molecule has 1 N–H and O–H groups in total. The van der Waals surface area contributed by atoms with Gasteiger partial charge in [-0.2, -0.15) is 0 Å². The molecule has 2 aromatic rings. The van der Waals surface area contributed by atoms with Gasteiger partial charge < -0.3 is 5.21 Å². The summed E-state index contributed by atoms with van der Waals surface area (Å²) in [6.07, 6.45) is 7.47. The number of allylic oxidation sites excluding steroid dienone is 5. The van der Waals surface area contributed by atoms with E-state index in [1.54, 1.807) is 0 Å². The summed E-state index contributed by atoms with van der Waals surface area (Å²) in [7, 11) is 0. The Labute approximate surface area is 156 Å². The van der Waals surface area contributed by atoms with E-state index in [4.69, 9.17) is 12.2 Å². The highest BCUT2D eigenvalue weighted by molar-refractivity contribution is 7.81. The summed E-state index contributed by atoms with van der Waals surface area (Å²) < 4.78 is 0. The predicted molar refractivity (Wildman–Crippen MR) is 105 cm³/mol. The van der Waals surface area contributed by atoms with Gasteiger partial charge in [0.15, 0.2) is 0 Å². The Hall–Kier alpha value is -3.42. The highest BCUT2D eigenvalue weighted by Crippen LogP contribution is 2.35. The quantitative estimate of drug-likeness (QED) is 0.214. The van der Waals surface area contributed by atoms with Crippen LogP contribution in [0.4, 0.5) is 0 Å². The average molecular weight is 355 g/mol. The molecule has 2 aliphatic carbocycles. The summed E-state index contributed by atoms with van der Waals surface area (Å²) in [4.78, 5) is 0.707. The van der Waals surface area contributed by atoms with E-state index in [0.717, 1.165) is 27.1 Å². The first kappa shape index (κ1) is 16.1. The van der Waals surface area contributed by atoms with Crippen molar-refractivity contribution in [2.24, 2.45) is 0 Å². The first-order valence-corrected chi connectivity index (χ1v) is 8.44. The summed E-state index contributed by atoms with van der Waals surface area (Å²) >= 11 is 5.11. The van der Waals surface area contributed by atoms with Gasteiger partial charge in [-0.05, 0) is 36.4 Å². The number of rotatable bonds is 0. The Morgan fingerprint density at radius 2 is 1.27 bits per heavy atom. The molecule has 2 aromatic carbocycles. The number of fused-ring (bicyclic) bond motifs is 2. The van der Waals surface area contributed by atoms with Crippen LogP contribution < -0.4 is 0 Å². The van der Waals surface area contributed by atoms with Crippen LogP contribution in [0, 0.1) is 5.21 Å². The summed E-state index contributed by atoms with van der Waals surface area (Å²) in [6, 6.07) is 14.9. The monoisotopic (exact) mass is 355 g/mol. The van der Waals surface area contributed by atoms with Crippen LogP contribution >= 0.6 is 12.2 Å². The second-order valence-corrected chi connectivity index (χ2v) is 6.33. The van der Waals surface area contributed by atoms with Crippen molar-refractivity contribution in [3.63, 3.8) is 0 Å². The Kier molecular flexibility index (Phi) is 4.00. The van der Waals surface area contributed by atoms with Gasteiger partial charge in [0.1, 0.15) is 0 Å². The maximum atomic E-state index is 11.8. The smallest absolute Gasteiger partial charge is 0.283 e. The van der Waals surface area contributed by atoms with Gasteiger partial charge in [-0.25, -0.2) is 0 Å². The lowest BCUT2D eigenvalue weighted by molar-refractivity contribution is -0.725. The van der Waals surface area contributed by atoms with E-state index >= 15 is 0 Å². The standard InChI is InChI=1S/C22H13NO2S/c24-23(25)22-20-7-3-1-5-17(20)19(18-6-2-4-8-21(18)22)14-11-15-9-12-16(26)13-10-15/h1-10,12-13H,(H,24,25). The molecule has 124 valence electrons. The fourth-order valence-electron chi connectivity index (χ4n) is 3.12. The van der Waals surface area contributed by atoms with E-state index in [-0.39, 0.29) is 10.6 Å². The van der Waals surface area contributed by atoms with Crippen LogP contribution in [-0.4, -0.2) is 20.7 Å². The molecule has 0 amide bonds. The van der Waals surface area contributed by atoms with E-state index in [1.807, 2.05) is 72.8 Å². The van der Waals surface area contributed by atoms with Crippen molar-refractivity contribution in [1.82, 2.24) is 0 Å². The minimum atomic E-state index is -0.0653. The highest BCUT2D eigenvalue weighted by atomic mass is 32.1. The molecule has 3 nitrogen and oxygen atoms in total. The molecular formula is C22H13NO2S. The SMILES string of the molecule is [O-][N+](O)=C1c2ccccc2C(=C=C=C2C=CC(=S)C=C2)c2ccccc21. The van der Waals surface area contributed by atoms with Crippen molar-refractivity contribution < 1.29 is 10.1 Å². The average Bonchev–Trinajstić information content (AvgIpc) is 2.66. The molecule has 4 heteroatoms.